The SMILES string of the molecule is C[C@@H]1OCC2(CCN(c3ncc(SC4C=CN=C5C4OCC4CS(=O)(=O)CCN54)nc3CO)CC2)[C@@H]1N. The van der Waals surface area contributed by atoms with Crippen LogP contribution in [-0.2, 0) is 25.9 Å². The van der Waals surface area contributed by atoms with E-state index in [0.29, 0.717) is 30.5 Å². The zero-order chi connectivity index (χ0) is 25.8. The number of rotatable bonds is 4. The molecule has 11 nitrogen and oxygen atoms in total. The monoisotopic (exact) mass is 550 g/mol. The molecule has 0 amide bonds. The predicted octanol–water partition coefficient (Wildman–Crippen LogP) is 0.186. The average molecular weight is 551 g/mol. The number of morpholine rings is 1. The summed E-state index contributed by atoms with van der Waals surface area (Å²) in [5, 5.41) is 10.7. The number of anilines is 1. The molecule has 0 aromatic carbocycles. The Bertz CT molecular complexity index is 1200. The first-order valence-electron chi connectivity index (χ1n) is 12.9. The Balaban J connectivity index is 1.14. The van der Waals surface area contributed by atoms with Gasteiger partial charge in [-0.2, -0.15) is 0 Å². The van der Waals surface area contributed by atoms with Crippen LogP contribution >= 0.6 is 11.8 Å². The van der Waals surface area contributed by atoms with Gasteiger partial charge in [0.05, 0.1) is 54.9 Å². The molecule has 3 unspecified atom stereocenters. The number of amidine groups is 1. The van der Waals surface area contributed by atoms with Crippen LogP contribution in [0, 0.1) is 5.41 Å². The number of sulfone groups is 1. The third-order valence-corrected chi connectivity index (χ3v) is 11.3. The van der Waals surface area contributed by atoms with Crippen molar-refractivity contribution in [3.05, 3.63) is 24.2 Å². The van der Waals surface area contributed by atoms with Gasteiger partial charge in [-0.15, -0.1) is 0 Å². The highest BCUT2D eigenvalue weighted by Gasteiger charge is 2.48. The number of aromatic nitrogens is 2. The summed E-state index contributed by atoms with van der Waals surface area (Å²) in [7, 11) is -3.04. The zero-order valence-corrected chi connectivity index (χ0v) is 22.5. The molecule has 5 aliphatic heterocycles. The van der Waals surface area contributed by atoms with Crippen LogP contribution < -0.4 is 10.6 Å². The third-order valence-electron chi connectivity index (χ3n) is 8.44. The number of aliphatic hydroxyl groups is 1. The van der Waals surface area contributed by atoms with E-state index in [1.54, 1.807) is 12.4 Å². The summed E-state index contributed by atoms with van der Waals surface area (Å²) in [5.74, 6) is 1.74. The molecular weight excluding hydrogens is 516 g/mol. The van der Waals surface area contributed by atoms with Crippen LogP contribution in [0.2, 0.25) is 0 Å². The molecule has 0 aliphatic carbocycles. The van der Waals surface area contributed by atoms with Crippen LogP contribution in [0.4, 0.5) is 5.82 Å². The van der Waals surface area contributed by atoms with Crippen molar-refractivity contribution in [1.29, 1.82) is 0 Å². The van der Waals surface area contributed by atoms with Gasteiger partial charge in [0.25, 0.3) is 0 Å². The topological polar surface area (TPSA) is 143 Å². The van der Waals surface area contributed by atoms with Crippen LogP contribution in [0.1, 0.15) is 25.5 Å². The summed E-state index contributed by atoms with van der Waals surface area (Å²) in [5.41, 5.74) is 7.04. The third kappa shape index (κ3) is 4.67. The summed E-state index contributed by atoms with van der Waals surface area (Å²) in [6.45, 7) is 4.93. The van der Waals surface area contributed by atoms with Crippen molar-refractivity contribution in [1.82, 2.24) is 14.9 Å². The summed E-state index contributed by atoms with van der Waals surface area (Å²) in [4.78, 5) is 18.3. The van der Waals surface area contributed by atoms with Gasteiger partial charge < -0.3 is 30.1 Å². The zero-order valence-electron chi connectivity index (χ0n) is 20.9. The van der Waals surface area contributed by atoms with E-state index in [9.17, 15) is 13.5 Å². The lowest BCUT2D eigenvalue weighted by Crippen LogP contribution is -2.62. The number of thioether (sulfide) groups is 1. The van der Waals surface area contributed by atoms with Gasteiger partial charge in [0, 0.05) is 37.3 Å². The van der Waals surface area contributed by atoms with Gasteiger partial charge in [-0.1, -0.05) is 11.8 Å². The summed E-state index contributed by atoms with van der Waals surface area (Å²) in [6, 6.07) is -0.149. The minimum absolute atomic E-state index is 0.0165. The molecule has 0 saturated carbocycles. The number of aliphatic hydroxyl groups excluding tert-OH is 1. The molecular formula is C24H34N6O5S2. The first-order valence-corrected chi connectivity index (χ1v) is 15.6. The van der Waals surface area contributed by atoms with E-state index in [2.05, 4.69) is 14.8 Å². The highest BCUT2D eigenvalue weighted by atomic mass is 32.2. The molecule has 4 saturated heterocycles. The lowest BCUT2D eigenvalue weighted by atomic mass is 9.73. The molecule has 3 N–H and O–H groups in total. The van der Waals surface area contributed by atoms with Crippen molar-refractivity contribution in [2.75, 3.05) is 49.3 Å². The number of hydrogen-bond acceptors (Lipinski definition) is 12. The Hall–Kier alpha value is -1.77. The number of piperidine rings is 1. The number of hydrogen-bond donors (Lipinski definition) is 2. The highest BCUT2D eigenvalue weighted by molar-refractivity contribution is 8.00. The van der Waals surface area contributed by atoms with Crippen LogP contribution in [0.15, 0.2) is 28.5 Å². The summed E-state index contributed by atoms with van der Waals surface area (Å²) >= 11 is 1.52. The smallest absolute Gasteiger partial charge is 0.154 e. The molecule has 13 heteroatoms. The van der Waals surface area contributed by atoms with E-state index < -0.39 is 9.84 Å². The van der Waals surface area contributed by atoms with Gasteiger partial charge >= 0.3 is 0 Å². The van der Waals surface area contributed by atoms with Crippen LogP contribution in [0.25, 0.3) is 0 Å². The molecule has 6 rings (SSSR count). The number of nitrogens with zero attached hydrogens (tertiary/aromatic N) is 5. The van der Waals surface area contributed by atoms with Gasteiger partial charge in [0.1, 0.15) is 22.7 Å². The van der Waals surface area contributed by atoms with Crippen molar-refractivity contribution in [2.24, 2.45) is 16.1 Å². The largest absolute Gasteiger partial charge is 0.390 e. The van der Waals surface area contributed by atoms with E-state index in [-0.39, 0.29) is 53.1 Å². The first kappa shape index (κ1) is 25.5. The lowest BCUT2D eigenvalue weighted by Gasteiger charge is -2.46. The molecule has 5 atom stereocenters. The van der Waals surface area contributed by atoms with Crippen molar-refractivity contribution in [3.63, 3.8) is 0 Å². The Labute approximate surface area is 221 Å². The van der Waals surface area contributed by atoms with Gasteiger partial charge in [0.15, 0.2) is 15.7 Å². The molecule has 6 heterocycles. The van der Waals surface area contributed by atoms with Crippen LogP contribution in [-0.4, -0.2) is 108 Å². The van der Waals surface area contributed by atoms with E-state index in [4.69, 9.17) is 25.2 Å². The molecule has 1 aromatic rings. The van der Waals surface area contributed by atoms with Gasteiger partial charge in [0.2, 0.25) is 0 Å². The van der Waals surface area contributed by atoms with E-state index in [1.807, 2.05) is 13.0 Å². The van der Waals surface area contributed by atoms with Crippen molar-refractivity contribution < 1.29 is 23.0 Å². The van der Waals surface area contributed by atoms with E-state index in [0.717, 1.165) is 37.6 Å². The average Bonchev–Trinajstić information content (AvgIpc) is 3.17. The predicted molar refractivity (Wildman–Crippen MR) is 140 cm³/mol. The molecule has 0 radical (unpaired) electrons. The normalized spacial score (nSPS) is 34.2. The second-order valence-corrected chi connectivity index (χ2v) is 14.1. The minimum Gasteiger partial charge on any atom is -0.390 e. The maximum Gasteiger partial charge on any atom is 0.154 e. The Morgan fingerprint density at radius 1 is 1.27 bits per heavy atom. The highest BCUT2D eigenvalue weighted by Crippen LogP contribution is 2.42. The lowest BCUT2D eigenvalue weighted by molar-refractivity contribution is 0.0254. The van der Waals surface area contributed by atoms with Gasteiger partial charge in [-0.25, -0.2) is 23.4 Å². The minimum atomic E-state index is -3.04. The molecule has 1 spiro atoms. The fraction of sp³-hybridized carbons (Fsp3) is 0.708. The maximum absolute atomic E-state index is 12.1. The number of aliphatic imine (C=N–C) groups is 1. The van der Waals surface area contributed by atoms with Crippen molar-refractivity contribution >= 4 is 33.3 Å². The molecule has 1 aromatic heterocycles. The Morgan fingerprint density at radius 3 is 2.81 bits per heavy atom. The van der Waals surface area contributed by atoms with Crippen molar-refractivity contribution in [3.8, 4) is 0 Å². The fourth-order valence-corrected chi connectivity index (χ4v) is 8.71. The first-order chi connectivity index (χ1) is 17.8. The van der Waals surface area contributed by atoms with Crippen molar-refractivity contribution in [2.45, 2.75) is 60.9 Å². The van der Waals surface area contributed by atoms with Crippen LogP contribution in [0.3, 0.4) is 0 Å². The fourth-order valence-electron chi connectivity index (χ4n) is 6.18. The standard InChI is InChI=1S/C24H34N6O5S2/c1-15-21(25)24(14-35-15)3-6-29(7-4-24)22-17(11-31)28-19(10-27-22)36-18-2-5-26-23-20(18)34-12-16-13-37(32,33)9-8-30(16)23/h2,5,10,15-16,18,20-21,31H,3-4,6-9,11-14,25H2,1H3/t15-,16?,18?,20?,21+/m0/s1. The maximum atomic E-state index is 12.1. The molecule has 37 heavy (non-hydrogen) atoms. The number of nitrogens with two attached hydrogens (primary N) is 1. The number of ether oxygens (including phenoxy) is 2. The van der Waals surface area contributed by atoms with E-state index >= 15 is 0 Å². The summed E-state index contributed by atoms with van der Waals surface area (Å²) < 4.78 is 36.1. The molecule has 0 bridgehead atoms. The van der Waals surface area contributed by atoms with Gasteiger partial charge in [-0.05, 0) is 25.8 Å². The second kappa shape index (κ2) is 9.76. The van der Waals surface area contributed by atoms with Crippen LogP contribution in [0.5, 0.6) is 0 Å². The quantitative estimate of drug-likeness (QED) is 0.530. The number of fused-ring (bicyclic) bond motifs is 3. The summed E-state index contributed by atoms with van der Waals surface area (Å²) in [6.07, 6.45) is 7.14. The Morgan fingerprint density at radius 2 is 2.08 bits per heavy atom. The molecule has 4 fully saturated rings. The molecule has 202 valence electrons. The van der Waals surface area contributed by atoms with Gasteiger partial charge in [-0.3, -0.25) is 0 Å². The second-order valence-electron chi connectivity index (χ2n) is 10.7. The molecule has 5 aliphatic rings. The van der Waals surface area contributed by atoms with E-state index in [1.165, 1.54) is 11.8 Å². The Kier molecular flexibility index (Phi) is 6.73.